The molecule has 2 aliphatic heterocycles. The number of aromatic nitrogens is 2. The van der Waals surface area contributed by atoms with Crippen molar-refractivity contribution in [3.63, 3.8) is 0 Å². The smallest absolute Gasteiger partial charge is 0.413 e. The molecular formula is C41H47N5O10. The van der Waals surface area contributed by atoms with Crippen LogP contribution in [0.5, 0.6) is 0 Å². The highest BCUT2D eigenvalue weighted by Gasteiger charge is 2.55. The molecule has 56 heavy (non-hydrogen) atoms. The third kappa shape index (κ3) is 11.2. The van der Waals surface area contributed by atoms with Gasteiger partial charge in [0.1, 0.15) is 50.0 Å². The molecule has 0 radical (unpaired) electrons. The van der Waals surface area contributed by atoms with E-state index in [1.807, 2.05) is 91.0 Å². The van der Waals surface area contributed by atoms with Gasteiger partial charge >= 0.3 is 18.2 Å². The van der Waals surface area contributed by atoms with Gasteiger partial charge in [0.15, 0.2) is 12.0 Å². The highest BCUT2D eigenvalue weighted by Crippen LogP contribution is 2.42. The van der Waals surface area contributed by atoms with Crippen LogP contribution in [0, 0.1) is 0 Å². The van der Waals surface area contributed by atoms with E-state index in [-0.39, 0.29) is 50.8 Å². The zero-order valence-corrected chi connectivity index (χ0v) is 31.3. The van der Waals surface area contributed by atoms with Crippen molar-refractivity contribution in [2.75, 3.05) is 18.5 Å². The van der Waals surface area contributed by atoms with Gasteiger partial charge in [0.05, 0.1) is 6.61 Å². The van der Waals surface area contributed by atoms with Crippen LogP contribution in [0.3, 0.4) is 0 Å². The molecule has 3 heterocycles. The number of carbonyl (C=O) groups excluding carboxylic acids is 3. The molecule has 15 heteroatoms. The van der Waals surface area contributed by atoms with Gasteiger partial charge in [0, 0.05) is 12.7 Å². The number of carbonyl (C=O) groups is 3. The van der Waals surface area contributed by atoms with Crippen LogP contribution in [0.15, 0.2) is 108 Å². The van der Waals surface area contributed by atoms with E-state index in [9.17, 15) is 19.5 Å². The van der Waals surface area contributed by atoms with Crippen LogP contribution in [0.25, 0.3) is 0 Å². The molecule has 0 bridgehead atoms. The van der Waals surface area contributed by atoms with Crippen LogP contribution < -0.4 is 16.3 Å². The Kier molecular flexibility index (Phi) is 13.8. The second-order valence-electron chi connectivity index (χ2n) is 13.7. The summed E-state index contributed by atoms with van der Waals surface area (Å²) in [7, 11) is 0. The summed E-state index contributed by atoms with van der Waals surface area (Å²) in [6.07, 6.45) is -1.07. The number of fused-ring (bicyclic) bond motifs is 1. The molecule has 2 fully saturated rings. The number of esters is 1. The van der Waals surface area contributed by atoms with Crippen LogP contribution in [-0.2, 0) is 53.0 Å². The average molecular weight is 770 g/mol. The fourth-order valence-corrected chi connectivity index (χ4v) is 6.32. The number of ether oxygens (including phenoxy) is 6. The maximum absolute atomic E-state index is 13.2. The Morgan fingerprint density at radius 2 is 1.38 bits per heavy atom. The van der Waals surface area contributed by atoms with Gasteiger partial charge in [0.2, 0.25) is 5.62 Å². The topological polar surface area (TPSA) is 181 Å². The summed E-state index contributed by atoms with van der Waals surface area (Å²) in [4.78, 5) is 48.0. The van der Waals surface area contributed by atoms with Crippen molar-refractivity contribution in [2.24, 2.45) is 4.99 Å². The number of alkyl carbamates (subject to hydrolysis) is 1. The molecule has 5 atom stereocenters. The highest BCUT2D eigenvalue weighted by molar-refractivity contribution is 5.83. The zero-order valence-electron chi connectivity index (χ0n) is 31.3. The lowest BCUT2D eigenvalue weighted by molar-refractivity contribution is -0.200. The third-order valence-corrected chi connectivity index (χ3v) is 9.03. The second-order valence-corrected chi connectivity index (χ2v) is 13.7. The monoisotopic (exact) mass is 769 g/mol. The highest BCUT2D eigenvalue weighted by atomic mass is 16.8. The summed E-state index contributed by atoms with van der Waals surface area (Å²) >= 11 is 0. The van der Waals surface area contributed by atoms with Crippen molar-refractivity contribution in [2.45, 2.75) is 89.3 Å². The number of aliphatic hydroxyl groups is 1. The first kappa shape index (κ1) is 40.1. The molecule has 4 aromatic rings. The lowest BCUT2D eigenvalue weighted by Crippen LogP contribution is -2.42. The Morgan fingerprint density at radius 3 is 1.98 bits per heavy atom. The largest absolute Gasteiger partial charge is 0.459 e. The Labute approximate surface area is 324 Å². The molecule has 0 aliphatic carbocycles. The molecule has 15 nitrogen and oxygen atoms in total. The van der Waals surface area contributed by atoms with E-state index >= 15 is 0 Å². The number of hydrogen-bond donors (Lipinski definition) is 3. The van der Waals surface area contributed by atoms with E-state index in [0.29, 0.717) is 12.8 Å². The number of rotatable bonds is 16. The third-order valence-electron chi connectivity index (χ3n) is 9.03. The van der Waals surface area contributed by atoms with Crippen molar-refractivity contribution in [1.29, 1.82) is 0 Å². The minimum absolute atomic E-state index is 0.0447. The van der Waals surface area contributed by atoms with E-state index in [0.717, 1.165) is 16.7 Å². The zero-order chi connectivity index (χ0) is 39.3. The van der Waals surface area contributed by atoms with E-state index in [4.69, 9.17) is 33.4 Å². The molecule has 3 N–H and O–H groups in total. The van der Waals surface area contributed by atoms with Crippen molar-refractivity contribution in [3.8, 4) is 0 Å². The van der Waals surface area contributed by atoms with Gasteiger partial charge in [-0.05, 0) is 55.9 Å². The maximum atomic E-state index is 13.2. The summed E-state index contributed by atoms with van der Waals surface area (Å²) in [6.45, 7) is 3.73. The van der Waals surface area contributed by atoms with E-state index < -0.39 is 54.5 Å². The van der Waals surface area contributed by atoms with Crippen LogP contribution in [0.1, 0.15) is 56.0 Å². The minimum atomic E-state index is -0.971. The van der Waals surface area contributed by atoms with Gasteiger partial charge in [-0.2, -0.15) is 4.98 Å². The first-order chi connectivity index (χ1) is 27.2. The number of nitrogens with zero attached hydrogens (tertiary/aromatic N) is 3. The summed E-state index contributed by atoms with van der Waals surface area (Å²) in [6, 6.07) is 28.4. The molecule has 2 amide bonds. The fourth-order valence-electron chi connectivity index (χ4n) is 6.32. The van der Waals surface area contributed by atoms with Crippen LogP contribution in [0.4, 0.5) is 15.4 Å². The predicted molar refractivity (Wildman–Crippen MR) is 201 cm³/mol. The molecular weight excluding hydrogens is 722 g/mol. The number of benzene rings is 3. The molecule has 0 spiro atoms. The summed E-state index contributed by atoms with van der Waals surface area (Å²) in [5.74, 6) is -1.30. The predicted octanol–water partition coefficient (Wildman–Crippen LogP) is 5.15. The van der Waals surface area contributed by atoms with Crippen molar-refractivity contribution >= 4 is 24.0 Å². The summed E-state index contributed by atoms with van der Waals surface area (Å²) in [5, 5.41) is 15.4. The van der Waals surface area contributed by atoms with Gasteiger partial charge in [-0.1, -0.05) is 91.0 Å². The van der Waals surface area contributed by atoms with Gasteiger partial charge in [-0.3, -0.25) is 14.9 Å². The fraction of sp³-hybridized carbons (Fsp3) is 0.390. The van der Waals surface area contributed by atoms with Gasteiger partial charge in [-0.25, -0.2) is 14.4 Å². The molecule has 2 aliphatic rings. The molecule has 0 unspecified atom stereocenters. The molecule has 6 rings (SSSR count). The van der Waals surface area contributed by atoms with E-state index in [1.54, 1.807) is 30.7 Å². The molecule has 2 saturated heterocycles. The van der Waals surface area contributed by atoms with E-state index in [1.165, 1.54) is 0 Å². The Hall–Kier alpha value is -5.61. The maximum Gasteiger partial charge on any atom is 0.413 e. The standard InChI is InChI=1S/C41H47N5O10/c1-41(2)55-34-32(24-47)54-36(35(34)56-41)46-23-21-33(45-40(50)53-27-30-18-10-5-11-19-30)44-38(46)42-22-13-12-20-31(37(48)51-25-28-14-6-3-7-15-28)43-39(49)52-26-29-16-8-4-9-17-29/h3-11,14-19,21,23,31-32,34-36,47H,12-13,20,22,24-27H2,1-2H3,(H,43,49)(H,42,44,45,50)/t31-,32+,34+,35+,36+/m0/s1. The molecule has 1 aromatic heterocycles. The lowest BCUT2D eigenvalue weighted by atomic mass is 10.1. The van der Waals surface area contributed by atoms with Gasteiger partial charge in [-0.15, -0.1) is 0 Å². The summed E-state index contributed by atoms with van der Waals surface area (Å²) < 4.78 is 36.4. The second kappa shape index (κ2) is 19.3. The van der Waals surface area contributed by atoms with Crippen molar-refractivity contribution in [1.82, 2.24) is 14.9 Å². The number of hydrogen-bond acceptors (Lipinski definition) is 12. The number of unbranched alkanes of at least 4 members (excludes halogenated alkanes) is 1. The SMILES string of the molecule is CC1(C)O[C@@H]2[C@H](O1)[C@@H](CO)O[C@H]2n1ccc(NC(=O)OCc2ccccc2)nc1=NCCCC[C@H](NC(=O)OCc1ccccc1)C(=O)OCc1ccccc1. The molecule has 296 valence electrons. The first-order valence-electron chi connectivity index (χ1n) is 18.5. The Bertz CT molecular complexity index is 1960. The summed E-state index contributed by atoms with van der Waals surface area (Å²) in [5.41, 5.74) is 2.66. The normalized spacial score (nSPS) is 20.4. The van der Waals surface area contributed by atoms with Gasteiger partial charge < -0.3 is 38.8 Å². The Balaban J connectivity index is 1.13. The number of amides is 2. The molecule has 3 aromatic carbocycles. The Morgan fingerprint density at radius 1 is 0.804 bits per heavy atom. The van der Waals surface area contributed by atoms with Crippen LogP contribution in [0.2, 0.25) is 0 Å². The van der Waals surface area contributed by atoms with Crippen molar-refractivity contribution < 1.29 is 47.9 Å². The quantitative estimate of drug-likeness (QED) is 0.0779. The number of nitrogens with one attached hydrogen (secondary N) is 2. The minimum Gasteiger partial charge on any atom is -0.459 e. The first-order valence-corrected chi connectivity index (χ1v) is 18.5. The van der Waals surface area contributed by atoms with Crippen LogP contribution in [-0.4, -0.2) is 76.1 Å². The van der Waals surface area contributed by atoms with Crippen LogP contribution >= 0.6 is 0 Å². The number of anilines is 1. The van der Waals surface area contributed by atoms with Crippen molar-refractivity contribution in [3.05, 3.63) is 126 Å². The van der Waals surface area contributed by atoms with Gasteiger partial charge in [0.25, 0.3) is 0 Å². The number of aliphatic hydroxyl groups excluding tert-OH is 1. The lowest BCUT2D eigenvalue weighted by Gasteiger charge is -2.25. The van der Waals surface area contributed by atoms with E-state index in [2.05, 4.69) is 15.6 Å². The molecule has 0 saturated carbocycles. The average Bonchev–Trinajstić information content (AvgIpc) is 3.71.